The van der Waals surface area contributed by atoms with Gasteiger partial charge in [-0.2, -0.15) is 0 Å². The Morgan fingerprint density at radius 1 is 1.00 bits per heavy atom. The normalized spacial score (nSPS) is 10.2. The van der Waals surface area contributed by atoms with Gasteiger partial charge in [0.15, 0.2) is 6.61 Å². The van der Waals surface area contributed by atoms with Crippen LogP contribution >= 0.6 is 0 Å². The van der Waals surface area contributed by atoms with Crippen LogP contribution < -0.4 is 10.1 Å². The number of aryl methyl sites for hydroxylation is 1. The van der Waals surface area contributed by atoms with Crippen LogP contribution in [0.15, 0.2) is 48.5 Å². The highest BCUT2D eigenvalue weighted by molar-refractivity contribution is 6.04. The molecule has 2 aromatic rings. The second kappa shape index (κ2) is 9.47. The third-order valence-electron chi connectivity index (χ3n) is 3.54. The van der Waals surface area contributed by atoms with E-state index in [1.54, 1.807) is 24.3 Å². The molecular formula is C20H23NO4. The van der Waals surface area contributed by atoms with E-state index in [0.29, 0.717) is 17.9 Å². The maximum atomic E-state index is 12.2. The molecule has 0 aliphatic rings. The van der Waals surface area contributed by atoms with Crippen LogP contribution in [0, 0.1) is 6.92 Å². The van der Waals surface area contributed by atoms with Crippen molar-refractivity contribution in [2.24, 2.45) is 0 Å². The van der Waals surface area contributed by atoms with Crippen LogP contribution in [-0.4, -0.2) is 25.1 Å². The number of amides is 1. The van der Waals surface area contributed by atoms with Crippen LogP contribution in [0.1, 0.15) is 35.7 Å². The molecular weight excluding hydrogens is 318 g/mol. The number of hydrogen-bond acceptors (Lipinski definition) is 4. The lowest BCUT2D eigenvalue weighted by Crippen LogP contribution is -2.15. The molecule has 0 unspecified atom stereocenters. The SMILES string of the molecule is CCCCOC(=O)COc1ccc(C(=O)Nc2ccc(C)cc2)cc1. The van der Waals surface area contributed by atoms with E-state index in [2.05, 4.69) is 5.32 Å². The fourth-order valence-electron chi connectivity index (χ4n) is 2.06. The molecule has 0 fully saturated rings. The van der Waals surface area contributed by atoms with Crippen LogP contribution in [0.4, 0.5) is 5.69 Å². The van der Waals surface area contributed by atoms with Crippen molar-refractivity contribution in [1.29, 1.82) is 0 Å². The van der Waals surface area contributed by atoms with Gasteiger partial charge in [-0.15, -0.1) is 0 Å². The first-order valence-corrected chi connectivity index (χ1v) is 8.35. The number of carbonyl (C=O) groups is 2. The summed E-state index contributed by atoms with van der Waals surface area (Å²) >= 11 is 0. The molecule has 2 rings (SSSR count). The van der Waals surface area contributed by atoms with Gasteiger partial charge in [-0.1, -0.05) is 31.0 Å². The number of nitrogens with one attached hydrogen (secondary N) is 1. The lowest BCUT2D eigenvalue weighted by molar-refractivity contribution is -0.146. The summed E-state index contributed by atoms with van der Waals surface area (Å²) in [6, 6.07) is 14.2. The highest BCUT2D eigenvalue weighted by Gasteiger charge is 2.08. The molecule has 0 spiro atoms. The minimum Gasteiger partial charge on any atom is -0.482 e. The Morgan fingerprint density at radius 3 is 2.32 bits per heavy atom. The topological polar surface area (TPSA) is 64.6 Å². The maximum Gasteiger partial charge on any atom is 0.344 e. The van der Waals surface area contributed by atoms with Crippen LogP contribution in [-0.2, 0) is 9.53 Å². The summed E-state index contributed by atoms with van der Waals surface area (Å²) in [5.74, 6) is -0.0802. The molecule has 132 valence electrons. The highest BCUT2D eigenvalue weighted by atomic mass is 16.6. The molecule has 25 heavy (non-hydrogen) atoms. The van der Waals surface area contributed by atoms with E-state index in [1.807, 2.05) is 38.1 Å². The van der Waals surface area contributed by atoms with Crippen molar-refractivity contribution in [1.82, 2.24) is 0 Å². The average Bonchev–Trinajstić information content (AvgIpc) is 2.62. The van der Waals surface area contributed by atoms with Gasteiger partial charge in [0.2, 0.25) is 0 Å². The molecule has 5 nitrogen and oxygen atoms in total. The standard InChI is InChI=1S/C20H23NO4/c1-3-4-13-24-19(22)14-25-18-11-7-16(8-12-18)20(23)21-17-9-5-15(2)6-10-17/h5-12H,3-4,13-14H2,1-2H3,(H,21,23). The first-order valence-electron chi connectivity index (χ1n) is 8.35. The van der Waals surface area contributed by atoms with Gasteiger partial charge in [-0.3, -0.25) is 4.79 Å². The summed E-state index contributed by atoms with van der Waals surface area (Å²) in [6.45, 7) is 4.29. The van der Waals surface area contributed by atoms with Crippen LogP contribution in [0.5, 0.6) is 5.75 Å². The Labute approximate surface area is 148 Å². The van der Waals surface area contributed by atoms with Gasteiger partial charge in [0.1, 0.15) is 5.75 Å². The van der Waals surface area contributed by atoms with E-state index in [9.17, 15) is 9.59 Å². The monoisotopic (exact) mass is 341 g/mol. The minimum absolute atomic E-state index is 0.140. The third-order valence-corrected chi connectivity index (χ3v) is 3.54. The van der Waals surface area contributed by atoms with E-state index >= 15 is 0 Å². The van der Waals surface area contributed by atoms with Crippen LogP contribution in [0.3, 0.4) is 0 Å². The van der Waals surface area contributed by atoms with Crippen LogP contribution in [0.25, 0.3) is 0 Å². The largest absolute Gasteiger partial charge is 0.482 e. The minimum atomic E-state index is -0.394. The first-order chi connectivity index (χ1) is 12.1. The molecule has 0 aromatic heterocycles. The lowest BCUT2D eigenvalue weighted by atomic mass is 10.2. The molecule has 0 saturated heterocycles. The average molecular weight is 341 g/mol. The summed E-state index contributed by atoms with van der Waals surface area (Å²) in [5.41, 5.74) is 2.39. The zero-order valence-electron chi connectivity index (χ0n) is 14.6. The number of carbonyl (C=O) groups excluding carboxylic acids is 2. The van der Waals surface area contributed by atoms with Crippen molar-refractivity contribution in [3.05, 3.63) is 59.7 Å². The Morgan fingerprint density at radius 2 is 1.68 bits per heavy atom. The smallest absolute Gasteiger partial charge is 0.344 e. The number of anilines is 1. The molecule has 1 amide bonds. The fourth-order valence-corrected chi connectivity index (χ4v) is 2.06. The van der Waals surface area contributed by atoms with E-state index in [-0.39, 0.29) is 12.5 Å². The van der Waals surface area contributed by atoms with Crippen molar-refractivity contribution in [3.63, 3.8) is 0 Å². The Hall–Kier alpha value is -2.82. The van der Waals surface area contributed by atoms with Gasteiger partial charge >= 0.3 is 5.97 Å². The number of rotatable bonds is 8. The number of benzene rings is 2. The van der Waals surface area contributed by atoms with Gasteiger partial charge in [0.05, 0.1) is 6.61 Å². The van der Waals surface area contributed by atoms with E-state index in [4.69, 9.17) is 9.47 Å². The maximum absolute atomic E-state index is 12.2. The summed E-state index contributed by atoms with van der Waals surface area (Å²) in [4.78, 5) is 23.7. The summed E-state index contributed by atoms with van der Waals surface area (Å²) in [7, 11) is 0. The van der Waals surface area contributed by atoms with Crippen molar-refractivity contribution >= 4 is 17.6 Å². The number of esters is 1. The molecule has 2 aromatic carbocycles. The van der Waals surface area contributed by atoms with Crippen LogP contribution in [0.2, 0.25) is 0 Å². The second-order valence-electron chi connectivity index (χ2n) is 5.71. The van der Waals surface area contributed by atoms with E-state index in [1.165, 1.54) is 0 Å². The predicted octanol–water partition coefficient (Wildman–Crippen LogP) is 3.97. The van der Waals surface area contributed by atoms with Gasteiger partial charge in [0, 0.05) is 11.3 Å². The number of unbranched alkanes of at least 4 members (excludes halogenated alkanes) is 1. The van der Waals surface area contributed by atoms with Gasteiger partial charge < -0.3 is 14.8 Å². The Balaban J connectivity index is 1.83. The van der Waals surface area contributed by atoms with Crippen molar-refractivity contribution < 1.29 is 19.1 Å². The fraction of sp³-hybridized carbons (Fsp3) is 0.300. The van der Waals surface area contributed by atoms with Gasteiger partial charge in [-0.05, 0) is 49.7 Å². The van der Waals surface area contributed by atoms with E-state index < -0.39 is 5.97 Å². The highest BCUT2D eigenvalue weighted by Crippen LogP contribution is 2.15. The van der Waals surface area contributed by atoms with Crippen molar-refractivity contribution in [3.8, 4) is 5.75 Å². The van der Waals surface area contributed by atoms with E-state index in [0.717, 1.165) is 24.1 Å². The molecule has 5 heteroatoms. The molecule has 0 aliphatic heterocycles. The predicted molar refractivity (Wildman–Crippen MR) is 96.9 cm³/mol. The molecule has 1 N–H and O–H groups in total. The quantitative estimate of drug-likeness (QED) is 0.583. The Bertz CT molecular complexity index is 693. The summed E-state index contributed by atoms with van der Waals surface area (Å²) in [5, 5.41) is 2.83. The van der Waals surface area contributed by atoms with Gasteiger partial charge in [0.25, 0.3) is 5.91 Å². The molecule has 0 radical (unpaired) electrons. The zero-order valence-corrected chi connectivity index (χ0v) is 14.6. The number of ether oxygens (including phenoxy) is 2. The van der Waals surface area contributed by atoms with Crippen molar-refractivity contribution in [2.75, 3.05) is 18.5 Å². The molecule has 0 bridgehead atoms. The molecule has 0 heterocycles. The van der Waals surface area contributed by atoms with Gasteiger partial charge in [-0.25, -0.2) is 4.79 Å². The Kier molecular flexibility index (Phi) is 7.01. The lowest BCUT2D eigenvalue weighted by Gasteiger charge is -2.08. The molecule has 0 saturated carbocycles. The zero-order chi connectivity index (χ0) is 18.1. The number of hydrogen-bond donors (Lipinski definition) is 1. The second-order valence-corrected chi connectivity index (χ2v) is 5.71. The third kappa shape index (κ3) is 6.30. The molecule has 0 atom stereocenters. The molecule has 0 aliphatic carbocycles. The summed E-state index contributed by atoms with van der Waals surface area (Å²) in [6.07, 6.45) is 1.82. The van der Waals surface area contributed by atoms with Crippen molar-refractivity contribution in [2.45, 2.75) is 26.7 Å². The first kappa shape index (κ1) is 18.5. The summed E-state index contributed by atoms with van der Waals surface area (Å²) < 4.78 is 10.4.